The van der Waals surface area contributed by atoms with E-state index >= 15 is 0 Å². The molecule has 0 aromatic heterocycles. The monoisotopic (exact) mass is 425 g/mol. The first-order valence-electron chi connectivity index (χ1n) is 10.0. The van der Waals surface area contributed by atoms with E-state index in [4.69, 9.17) is 16.3 Å². The van der Waals surface area contributed by atoms with Gasteiger partial charge >= 0.3 is 0 Å². The highest BCUT2D eigenvalue weighted by atomic mass is 35.5. The molecule has 2 aliphatic rings. The van der Waals surface area contributed by atoms with Crippen LogP contribution in [0.3, 0.4) is 0 Å². The number of halogens is 1. The lowest BCUT2D eigenvalue weighted by atomic mass is 10.0. The molecule has 30 heavy (non-hydrogen) atoms. The topological polar surface area (TPSA) is 53.1 Å². The summed E-state index contributed by atoms with van der Waals surface area (Å²) in [6.45, 7) is 6.19. The number of nitrogens with zero attached hydrogens (tertiary/aromatic N) is 3. The summed E-state index contributed by atoms with van der Waals surface area (Å²) >= 11 is 6.05. The molecule has 156 valence electrons. The van der Waals surface area contributed by atoms with Gasteiger partial charge in [-0.1, -0.05) is 42.8 Å². The van der Waals surface area contributed by atoms with Crippen LogP contribution in [0.25, 0.3) is 5.57 Å². The second-order valence-electron chi connectivity index (χ2n) is 7.27. The smallest absolute Gasteiger partial charge is 0.282 e. The minimum Gasteiger partial charge on any atom is -0.495 e. The summed E-state index contributed by atoms with van der Waals surface area (Å²) in [5.41, 5.74) is 1.99. The fourth-order valence-corrected chi connectivity index (χ4v) is 4.14. The van der Waals surface area contributed by atoms with Crippen molar-refractivity contribution in [2.24, 2.45) is 0 Å². The maximum atomic E-state index is 13.6. The van der Waals surface area contributed by atoms with Gasteiger partial charge in [0.2, 0.25) is 0 Å². The van der Waals surface area contributed by atoms with E-state index in [2.05, 4.69) is 11.8 Å². The molecule has 1 fully saturated rings. The summed E-state index contributed by atoms with van der Waals surface area (Å²) in [7, 11) is 1.53. The number of methoxy groups -OCH3 is 1. The van der Waals surface area contributed by atoms with Gasteiger partial charge in [-0.15, -0.1) is 0 Å². The summed E-state index contributed by atoms with van der Waals surface area (Å²) in [5.74, 6) is -0.189. The quantitative estimate of drug-likeness (QED) is 0.688. The second-order valence-corrected chi connectivity index (χ2v) is 7.71. The van der Waals surface area contributed by atoms with Crippen molar-refractivity contribution in [3.8, 4) is 5.75 Å². The highest BCUT2D eigenvalue weighted by molar-refractivity contribution is 6.45. The average molecular weight is 426 g/mol. The van der Waals surface area contributed by atoms with Crippen molar-refractivity contribution in [1.82, 2.24) is 9.80 Å². The molecule has 0 saturated carbocycles. The first-order chi connectivity index (χ1) is 14.5. The minimum absolute atomic E-state index is 0.320. The Balaban J connectivity index is 1.80. The minimum atomic E-state index is -0.347. The van der Waals surface area contributed by atoms with Crippen LogP contribution in [-0.2, 0) is 9.59 Å². The van der Waals surface area contributed by atoms with Crippen LogP contribution in [0.1, 0.15) is 12.5 Å². The Labute approximate surface area is 181 Å². The van der Waals surface area contributed by atoms with Gasteiger partial charge in [-0.3, -0.25) is 9.59 Å². The van der Waals surface area contributed by atoms with Crippen molar-refractivity contribution in [2.45, 2.75) is 6.92 Å². The molecule has 4 rings (SSSR count). The number of amides is 2. The van der Waals surface area contributed by atoms with E-state index in [-0.39, 0.29) is 11.8 Å². The van der Waals surface area contributed by atoms with Gasteiger partial charge in [0, 0.05) is 31.2 Å². The van der Waals surface area contributed by atoms with Gasteiger partial charge in [0.1, 0.15) is 11.4 Å². The van der Waals surface area contributed by atoms with Gasteiger partial charge in [0.05, 0.1) is 18.4 Å². The van der Waals surface area contributed by atoms with Crippen LogP contribution in [0.15, 0.2) is 54.2 Å². The number of imide groups is 1. The van der Waals surface area contributed by atoms with E-state index in [0.29, 0.717) is 46.4 Å². The van der Waals surface area contributed by atoms with E-state index < -0.39 is 0 Å². The Morgan fingerprint density at radius 1 is 0.933 bits per heavy atom. The molecule has 0 N–H and O–H groups in total. The molecule has 6 nitrogen and oxygen atoms in total. The van der Waals surface area contributed by atoms with E-state index in [1.54, 1.807) is 42.5 Å². The molecule has 0 radical (unpaired) electrons. The molecule has 0 aliphatic carbocycles. The lowest BCUT2D eigenvalue weighted by Gasteiger charge is -2.36. The van der Waals surface area contributed by atoms with Gasteiger partial charge in [-0.2, -0.15) is 0 Å². The summed E-state index contributed by atoms with van der Waals surface area (Å²) in [6, 6.07) is 14.1. The summed E-state index contributed by atoms with van der Waals surface area (Å²) in [4.78, 5) is 32.8. The number of carbonyl (C=O) groups excluding carboxylic acids is 2. The predicted octanol–water partition coefficient (Wildman–Crippen LogP) is 3.27. The predicted molar refractivity (Wildman–Crippen MR) is 118 cm³/mol. The molecule has 2 aliphatic heterocycles. The number of carbonyl (C=O) groups is 2. The molecule has 2 aromatic rings. The fraction of sp³-hybridized carbons (Fsp3) is 0.304. The highest BCUT2D eigenvalue weighted by Crippen LogP contribution is 2.38. The first kappa shape index (κ1) is 20.4. The summed E-state index contributed by atoms with van der Waals surface area (Å²) in [5, 5.41) is 0.579. The molecule has 0 spiro atoms. The standard InChI is InChI=1S/C23H24ClN3O3/c1-3-25-12-14-26(15-13-25)21-20(16-8-10-17(24)11-9-16)22(28)27(23(21)29)18-6-4-5-7-19(18)30-2/h4-11H,3,12-15H2,1-2H3. The summed E-state index contributed by atoms with van der Waals surface area (Å²) < 4.78 is 5.42. The molecule has 2 aromatic carbocycles. The number of ether oxygens (including phenoxy) is 1. The Hall–Kier alpha value is -2.83. The number of piperazine rings is 1. The molecule has 2 amide bonds. The Kier molecular flexibility index (Phi) is 5.79. The molecule has 0 unspecified atom stereocenters. The maximum Gasteiger partial charge on any atom is 0.282 e. The van der Waals surface area contributed by atoms with Crippen molar-refractivity contribution < 1.29 is 14.3 Å². The van der Waals surface area contributed by atoms with E-state index in [0.717, 1.165) is 19.6 Å². The molecular weight excluding hydrogens is 402 g/mol. The molecule has 7 heteroatoms. The van der Waals surface area contributed by atoms with Crippen molar-refractivity contribution in [3.63, 3.8) is 0 Å². The van der Waals surface area contributed by atoms with Crippen LogP contribution in [0.4, 0.5) is 5.69 Å². The number of anilines is 1. The Bertz CT molecular complexity index is 995. The number of benzene rings is 2. The van der Waals surface area contributed by atoms with Crippen molar-refractivity contribution in [2.75, 3.05) is 44.7 Å². The zero-order valence-corrected chi connectivity index (χ0v) is 17.9. The van der Waals surface area contributed by atoms with Crippen molar-refractivity contribution >= 4 is 34.7 Å². The molecular formula is C23H24ClN3O3. The largest absolute Gasteiger partial charge is 0.495 e. The van der Waals surface area contributed by atoms with Gasteiger partial charge in [0.15, 0.2) is 0 Å². The maximum absolute atomic E-state index is 13.6. The molecule has 0 atom stereocenters. The second kappa shape index (κ2) is 8.50. The lowest BCUT2D eigenvalue weighted by molar-refractivity contribution is -0.120. The van der Waals surface area contributed by atoms with Gasteiger partial charge in [-0.05, 0) is 36.4 Å². The van der Waals surface area contributed by atoms with Crippen molar-refractivity contribution in [3.05, 3.63) is 64.8 Å². The zero-order chi connectivity index (χ0) is 21.3. The van der Waals surface area contributed by atoms with Crippen LogP contribution < -0.4 is 9.64 Å². The molecule has 1 saturated heterocycles. The zero-order valence-electron chi connectivity index (χ0n) is 17.1. The number of hydrogen-bond donors (Lipinski definition) is 0. The SMILES string of the molecule is CCN1CCN(C2=C(c3ccc(Cl)cc3)C(=O)N(c3ccccc3OC)C2=O)CC1. The van der Waals surface area contributed by atoms with Crippen LogP contribution >= 0.6 is 11.6 Å². The Morgan fingerprint density at radius 3 is 2.23 bits per heavy atom. The number of likely N-dealkylation sites (N-methyl/N-ethyl adjacent to an activating group) is 1. The van der Waals surface area contributed by atoms with E-state index in [1.165, 1.54) is 12.0 Å². The number of hydrogen-bond acceptors (Lipinski definition) is 5. The Morgan fingerprint density at radius 2 is 1.60 bits per heavy atom. The van der Waals surface area contributed by atoms with Gasteiger partial charge in [-0.25, -0.2) is 4.90 Å². The van der Waals surface area contributed by atoms with Crippen molar-refractivity contribution in [1.29, 1.82) is 0 Å². The first-order valence-corrected chi connectivity index (χ1v) is 10.4. The van der Waals surface area contributed by atoms with E-state index in [1.807, 2.05) is 11.0 Å². The molecule has 0 bridgehead atoms. The van der Waals surface area contributed by atoms with Crippen LogP contribution in [0.2, 0.25) is 5.02 Å². The lowest BCUT2D eigenvalue weighted by Crippen LogP contribution is -2.47. The third-order valence-corrected chi connectivity index (χ3v) is 5.91. The van der Waals surface area contributed by atoms with Crippen LogP contribution in [-0.4, -0.2) is 61.4 Å². The third kappa shape index (κ3) is 3.57. The summed E-state index contributed by atoms with van der Waals surface area (Å²) in [6.07, 6.45) is 0. The van der Waals surface area contributed by atoms with Gasteiger partial charge < -0.3 is 14.5 Å². The fourth-order valence-electron chi connectivity index (χ4n) is 4.01. The average Bonchev–Trinajstić information content (AvgIpc) is 3.04. The van der Waals surface area contributed by atoms with E-state index in [9.17, 15) is 9.59 Å². The van der Waals surface area contributed by atoms with Gasteiger partial charge in [0.25, 0.3) is 11.8 Å². The number of para-hydroxylation sites is 2. The highest BCUT2D eigenvalue weighted by Gasteiger charge is 2.43. The van der Waals surface area contributed by atoms with Crippen LogP contribution in [0.5, 0.6) is 5.75 Å². The number of rotatable bonds is 5. The van der Waals surface area contributed by atoms with Crippen LogP contribution in [0, 0.1) is 0 Å². The normalized spacial score (nSPS) is 17.8. The third-order valence-electron chi connectivity index (χ3n) is 5.65. The molecule has 2 heterocycles.